The molecular formula is C38H59BN4O10. The highest BCUT2D eigenvalue weighted by Gasteiger charge is 2.68. The van der Waals surface area contributed by atoms with Gasteiger partial charge in [0.2, 0.25) is 5.91 Å². The predicted octanol–water partition coefficient (Wildman–Crippen LogP) is 4.43. The number of likely N-dealkylation sites (tertiary alicyclic amines) is 1. The number of amides is 3. The van der Waals surface area contributed by atoms with Gasteiger partial charge in [0.1, 0.15) is 22.5 Å². The molecule has 1 aromatic carbocycles. The average molecular weight is 743 g/mol. The number of methoxy groups -OCH3 is 1. The number of alkyl carbamates (subject to hydrolysis) is 2. The number of para-hydroxylation sites is 1. The molecule has 3 aliphatic carbocycles. The second-order valence-electron chi connectivity index (χ2n) is 17.9. The molecule has 15 heteroatoms. The summed E-state index contributed by atoms with van der Waals surface area (Å²) < 4.78 is 29.9. The van der Waals surface area contributed by atoms with E-state index in [4.69, 9.17) is 23.5 Å². The molecule has 0 radical (unpaired) electrons. The molecule has 2 bridgehead atoms. The first kappa shape index (κ1) is 40.6. The van der Waals surface area contributed by atoms with E-state index in [1.54, 1.807) is 53.7 Å². The van der Waals surface area contributed by atoms with Crippen molar-refractivity contribution in [2.24, 2.45) is 23.2 Å². The molecule has 4 N–H and O–H groups in total. The standard InChI is InChI=1S/C38H59BN4O10/c1-35(2,3)50-33(47)40-19-23-20-43(15-14-26(23)41-34(48)51-36(4,5)6)21-30(44)42-29(16-22-12-11-13-25(32(45)46)31(22)49-10)39-52-28-18-24-17-27(37(24,7)8)38(28,9)53-39/h11-13,23-24,26-29H,14-21H2,1-10H3,(H,40,47)(H,41,48)(H,42,44)(H,45,46). The SMILES string of the molecule is COc1c(CC(NC(=O)CN2CCC(NC(=O)OC(C)(C)C)C(CNC(=O)OC(C)(C)C)C2)B2OC3CC4CC(C4(C)C)C3(C)O2)cccc1C(=O)O. The average Bonchev–Trinajstić information content (AvgIpc) is 3.39. The molecule has 5 aliphatic rings. The third kappa shape index (κ3) is 9.40. The third-order valence-corrected chi connectivity index (χ3v) is 11.4. The van der Waals surface area contributed by atoms with Gasteiger partial charge < -0.3 is 44.6 Å². The van der Waals surface area contributed by atoms with Gasteiger partial charge in [-0.1, -0.05) is 26.0 Å². The van der Waals surface area contributed by atoms with E-state index in [1.807, 2.05) is 4.90 Å². The van der Waals surface area contributed by atoms with E-state index in [1.165, 1.54) is 13.2 Å². The fourth-order valence-electron chi connectivity index (χ4n) is 8.77. The van der Waals surface area contributed by atoms with Crippen molar-refractivity contribution < 1.29 is 47.8 Å². The van der Waals surface area contributed by atoms with Gasteiger partial charge in [0.25, 0.3) is 0 Å². The summed E-state index contributed by atoms with van der Waals surface area (Å²) in [5, 5.41) is 18.8. The molecule has 2 aliphatic heterocycles. The molecule has 0 spiro atoms. The van der Waals surface area contributed by atoms with Crippen LogP contribution in [0.4, 0.5) is 9.59 Å². The number of carbonyl (C=O) groups excluding carboxylic acids is 3. The highest BCUT2D eigenvalue weighted by molar-refractivity contribution is 6.48. The van der Waals surface area contributed by atoms with Gasteiger partial charge in [0.15, 0.2) is 0 Å². The topological polar surface area (TPSA) is 174 Å². The van der Waals surface area contributed by atoms with Crippen molar-refractivity contribution in [3.8, 4) is 5.75 Å². The zero-order chi connectivity index (χ0) is 39.1. The second-order valence-corrected chi connectivity index (χ2v) is 17.9. The first-order chi connectivity index (χ1) is 24.6. The lowest BCUT2D eigenvalue weighted by Crippen LogP contribution is -2.65. The Morgan fingerprint density at radius 3 is 2.34 bits per heavy atom. The summed E-state index contributed by atoms with van der Waals surface area (Å²) in [5.41, 5.74) is -1.11. The van der Waals surface area contributed by atoms with Crippen LogP contribution in [0.1, 0.15) is 97.5 Å². The monoisotopic (exact) mass is 742 g/mol. The number of nitrogens with one attached hydrogen (secondary N) is 3. The maximum Gasteiger partial charge on any atom is 0.482 e. The number of hydrogen-bond donors (Lipinski definition) is 4. The number of carbonyl (C=O) groups is 4. The van der Waals surface area contributed by atoms with Gasteiger partial charge in [-0.2, -0.15) is 0 Å². The van der Waals surface area contributed by atoms with Crippen molar-refractivity contribution >= 4 is 31.2 Å². The molecule has 3 amide bonds. The number of ether oxygens (including phenoxy) is 3. The van der Waals surface area contributed by atoms with Crippen molar-refractivity contribution in [2.75, 3.05) is 33.3 Å². The number of hydrogen-bond acceptors (Lipinski definition) is 10. The quantitative estimate of drug-likeness (QED) is 0.236. The highest BCUT2D eigenvalue weighted by Crippen LogP contribution is 2.65. The summed E-state index contributed by atoms with van der Waals surface area (Å²) in [5.74, 6) is -1.21. The Hall–Kier alpha value is -3.56. The minimum atomic E-state index is -1.11. The van der Waals surface area contributed by atoms with E-state index in [0.29, 0.717) is 36.9 Å². The summed E-state index contributed by atoms with van der Waals surface area (Å²) >= 11 is 0. The molecule has 3 saturated carbocycles. The highest BCUT2D eigenvalue weighted by atomic mass is 16.7. The van der Waals surface area contributed by atoms with Gasteiger partial charge in [-0.05, 0) is 103 Å². The second kappa shape index (κ2) is 15.3. The van der Waals surface area contributed by atoms with E-state index in [-0.39, 0.29) is 60.2 Å². The van der Waals surface area contributed by atoms with Crippen LogP contribution in [-0.2, 0) is 30.0 Å². The third-order valence-electron chi connectivity index (χ3n) is 11.4. The Morgan fingerprint density at radius 1 is 1.04 bits per heavy atom. The predicted molar refractivity (Wildman–Crippen MR) is 198 cm³/mol. The van der Waals surface area contributed by atoms with Crippen molar-refractivity contribution in [1.82, 2.24) is 20.9 Å². The number of piperidine rings is 1. The van der Waals surface area contributed by atoms with Gasteiger partial charge in [0, 0.05) is 31.6 Å². The first-order valence-corrected chi connectivity index (χ1v) is 18.8. The fraction of sp³-hybridized carbons (Fsp3) is 0.737. The Kier molecular flexibility index (Phi) is 11.7. The first-order valence-electron chi connectivity index (χ1n) is 18.8. The van der Waals surface area contributed by atoms with Crippen molar-refractivity contribution in [1.29, 1.82) is 0 Å². The van der Waals surface area contributed by atoms with Crippen LogP contribution in [0.3, 0.4) is 0 Å². The van der Waals surface area contributed by atoms with Crippen LogP contribution in [0.5, 0.6) is 5.75 Å². The van der Waals surface area contributed by atoms with Crippen molar-refractivity contribution in [3.63, 3.8) is 0 Å². The fourth-order valence-corrected chi connectivity index (χ4v) is 8.77. The summed E-state index contributed by atoms with van der Waals surface area (Å²) in [6.45, 7) is 18.6. The number of benzene rings is 1. The van der Waals surface area contributed by atoms with E-state index in [9.17, 15) is 24.3 Å². The largest absolute Gasteiger partial charge is 0.496 e. The number of nitrogens with zero attached hydrogens (tertiary/aromatic N) is 1. The number of rotatable bonds is 11. The maximum absolute atomic E-state index is 13.9. The van der Waals surface area contributed by atoms with Crippen LogP contribution >= 0.6 is 0 Å². The van der Waals surface area contributed by atoms with Gasteiger partial charge in [0.05, 0.1) is 31.3 Å². The molecule has 1 aromatic rings. The van der Waals surface area contributed by atoms with Gasteiger partial charge in [-0.25, -0.2) is 14.4 Å². The molecule has 53 heavy (non-hydrogen) atoms. The molecular weight excluding hydrogens is 683 g/mol. The summed E-state index contributed by atoms with van der Waals surface area (Å²) in [6.07, 6.45) is 1.44. The van der Waals surface area contributed by atoms with Gasteiger partial charge in [-0.3, -0.25) is 9.69 Å². The van der Waals surface area contributed by atoms with E-state index in [0.717, 1.165) is 12.8 Å². The van der Waals surface area contributed by atoms with Crippen LogP contribution < -0.4 is 20.7 Å². The molecule has 7 atom stereocenters. The molecule has 5 fully saturated rings. The normalized spacial score (nSPS) is 28.5. The minimum Gasteiger partial charge on any atom is -0.496 e. The molecule has 0 aromatic heterocycles. The van der Waals surface area contributed by atoms with Crippen LogP contribution in [0.25, 0.3) is 0 Å². The molecule has 294 valence electrons. The Balaban J connectivity index is 1.31. The summed E-state index contributed by atoms with van der Waals surface area (Å²) in [4.78, 5) is 53.3. The van der Waals surface area contributed by atoms with E-state index < -0.39 is 48.0 Å². The van der Waals surface area contributed by atoms with Crippen LogP contribution in [0.2, 0.25) is 0 Å². The van der Waals surface area contributed by atoms with Crippen molar-refractivity contribution in [2.45, 2.75) is 123 Å². The Bertz CT molecular complexity index is 1540. The summed E-state index contributed by atoms with van der Waals surface area (Å²) in [6, 6.07) is 4.62. The number of aromatic carboxylic acids is 1. The summed E-state index contributed by atoms with van der Waals surface area (Å²) in [7, 11) is 0.665. The lowest BCUT2D eigenvalue weighted by molar-refractivity contribution is -0.199. The van der Waals surface area contributed by atoms with Crippen LogP contribution in [0.15, 0.2) is 18.2 Å². The van der Waals surface area contributed by atoms with Crippen molar-refractivity contribution in [3.05, 3.63) is 29.3 Å². The van der Waals surface area contributed by atoms with Gasteiger partial charge >= 0.3 is 25.3 Å². The van der Waals surface area contributed by atoms with Crippen LogP contribution in [0, 0.1) is 23.2 Å². The molecule has 14 nitrogen and oxygen atoms in total. The number of carboxylic acid groups (broad SMARTS) is 1. The molecule has 2 heterocycles. The zero-order valence-electron chi connectivity index (χ0n) is 33.0. The molecule has 2 saturated heterocycles. The zero-order valence-corrected chi connectivity index (χ0v) is 33.0. The maximum atomic E-state index is 13.9. The Morgan fingerprint density at radius 2 is 1.72 bits per heavy atom. The van der Waals surface area contributed by atoms with E-state index >= 15 is 0 Å². The van der Waals surface area contributed by atoms with Gasteiger partial charge in [-0.15, -0.1) is 0 Å². The van der Waals surface area contributed by atoms with E-state index in [2.05, 4.69) is 36.7 Å². The van der Waals surface area contributed by atoms with Crippen LogP contribution in [-0.4, -0.2) is 109 Å². The number of carboxylic acids is 1. The smallest absolute Gasteiger partial charge is 0.482 e. The lowest BCUT2D eigenvalue weighted by atomic mass is 9.43. The Labute approximate surface area is 313 Å². The minimum absolute atomic E-state index is 0.0282. The molecule has 7 unspecified atom stereocenters. The molecule has 6 rings (SSSR count). The lowest BCUT2D eigenvalue weighted by Gasteiger charge is -2.64.